The smallest absolute Gasteiger partial charge is 0.257 e. The summed E-state index contributed by atoms with van der Waals surface area (Å²) < 4.78 is 7.35. The van der Waals surface area contributed by atoms with Crippen molar-refractivity contribution < 1.29 is 9.53 Å². The highest BCUT2D eigenvalue weighted by Crippen LogP contribution is 2.44. The zero-order chi connectivity index (χ0) is 16.6. The molecule has 8 heteroatoms. The first-order chi connectivity index (χ1) is 11.0. The molecule has 1 aromatic heterocycles. The summed E-state index contributed by atoms with van der Waals surface area (Å²) in [5.41, 5.74) is 1.43. The molecule has 2 aromatic rings. The number of benzene rings is 1. The fourth-order valence-corrected chi connectivity index (χ4v) is 5.57. The largest absolute Gasteiger partial charge is 0.496 e. The second-order valence-corrected chi connectivity index (χ2v) is 9.24. The number of hydrogen-bond donors (Lipinski definition) is 0. The van der Waals surface area contributed by atoms with Crippen LogP contribution in [0.25, 0.3) is 0 Å². The van der Waals surface area contributed by atoms with Crippen molar-refractivity contribution in [2.24, 2.45) is 0 Å². The molecule has 2 heterocycles. The Hall–Kier alpha value is -0.400. The van der Waals surface area contributed by atoms with Crippen LogP contribution >= 0.6 is 62.2 Å². The standard InChI is InChI=1S/C15H12BrCl2NO2S2/c1-21-11-3-2-8(16)6-9(11)15-19(4-5-22-15)14(20)10-7-12(17)23-13(10)18/h2-3,6-7,15H,4-5H2,1H3. The minimum Gasteiger partial charge on any atom is -0.496 e. The number of carbonyl (C=O) groups excluding carboxylic acids is 1. The molecule has 0 radical (unpaired) electrons. The van der Waals surface area contributed by atoms with E-state index in [9.17, 15) is 4.79 Å². The Morgan fingerprint density at radius 2 is 2.17 bits per heavy atom. The fraction of sp³-hybridized carbons (Fsp3) is 0.267. The molecule has 0 bridgehead atoms. The third kappa shape index (κ3) is 3.51. The van der Waals surface area contributed by atoms with Gasteiger partial charge in [-0.15, -0.1) is 23.1 Å². The predicted molar refractivity (Wildman–Crippen MR) is 101 cm³/mol. The van der Waals surface area contributed by atoms with Gasteiger partial charge in [-0.05, 0) is 24.3 Å². The van der Waals surface area contributed by atoms with Crippen LogP contribution in [-0.2, 0) is 0 Å². The molecule has 0 N–H and O–H groups in total. The molecule has 23 heavy (non-hydrogen) atoms. The van der Waals surface area contributed by atoms with Gasteiger partial charge in [0.15, 0.2) is 0 Å². The Labute approximate surface area is 161 Å². The van der Waals surface area contributed by atoms with Gasteiger partial charge in [0.1, 0.15) is 15.5 Å². The van der Waals surface area contributed by atoms with Crippen LogP contribution in [0.2, 0.25) is 8.67 Å². The van der Waals surface area contributed by atoms with Crippen molar-refractivity contribution in [1.29, 1.82) is 0 Å². The lowest BCUT2D eigenvalue weighted by molar-refractivity contribution is 0.0760. The first kappa shape index (κ1) is 17.4. The van der Waals surface area contributed by atoms with Crippen molar-refractivity contribution >= 4 is 68.1 Å². The van der Waals surface area contributed by atoms with E-state index in [2.05, 4.69) is 15.9 Å². The summed E-state index contributed by atoms with van der Waals surface area (Å²) in [5, 5.41) is -0.107. The molecule has 1 atom stereocenters. The van der Waals surface area contributed by atoms with Crippen molar-refractivity contribution in [1.82, 2.24) is 4.90 Å². The number of hydrogen-bond acceptors (Lipinski definition) is 4. The second-order valence-electron chi connectivity index (χ2n) is 4.85. The third-order valence-electron chi connectivity index (χ3n) is 3.50. The van der Waals surface area contributed by atoms with Crippen LogP contribution in [0.4, 0.5) is 0 Å². The van der Waals surface area contributed by atoms with Gasteiger partial charge in [-0.1, -0.05) is 39.1 Å². The van der Waals surface area contributed by atoms with E-state index in [1.54, 1.807) is 24.9 Å². The maximum Gasteiger partial charge on any atom is 0.257 e. The van der Waals surface area contributed by atoms with Crippen LogP contribution < -0.4 is 4.74 Å². The van der Waals surface area contributed by atoms with E-state index in [-0.39, 0.29) is 11.3 Å². The minimum absolute atomic E-state index is 0.102. The van der Waals surface area contributed by atoms with Gasteiger partial charge in [-0.25, -0.2) is 0 Å². The normalized spacial score (nSPS) is 17.6. The lowest BCUT2D eigenvalue weighted by Crippen LogP contribution is -2.30. The Morgan fingerprint density at radius 3 is 2.83 bits per heavy atom. The lowest BCUT2D eigenvalue weighted by Gasteiger charge is -2.25. The molecular formula is C15H12BrCl2NO2S2. The average Bonchev–Trinajstić information content (AvgIpc) is 3.13. The van der Waals surface area contributed by atoms with Crippen LogP contribution in [0.5, 0.6) is 5.75 Å². The third-order valence-corrected chi connectivity index (χ3v) is 6.72. The SMILES string of the molecule is COc1ccc(Br)cc1C1SCCN1C(=O)c1cc(Cl)sc1Cl. The first-order valence-corrected chi connectivity index (χ1v) is 10.1. The fourth-order valence-electron chi connectivity index (χ4n) is 2.47. The van der Waals surface area contributed by atoms with Gasteiger partial charge in [-0.3, -0.25) is 4.79 Å². The highest BCUT2D eigenvalue weighted by molar-refractivity contribution is 9.10. The number of nitrogens with zero attached hydrogens (tertiary/aromatic N) is 1. The van der Waals surface area contributed by atoms with E-state index < -0.39 is 0 Å². The molecule has 0 spiro atoms. The van der Waals surface area contributed by atoms with E-state index in [1.807, 2.05) is 23.1 Å². The number of ether oxygens (including phenoxy) is 1. The highest BCUT2D eigenvalue weighted by atomic mass is 79.9. The van der Waals surface area contributed by atoms with Gasteiger partial charge in [0.2, 0.25) is 0 Å². The number of rotatable bonds is 3. The summed E-state index contributed by atoms with van der Waals surface area (Å²) in [6.07, 6.45) is 0. The molecule has 1 unspecified atom stereocenters. The van der Waals surface area contributed by atoms with Crippen molar-refractivity contribution in [3.63, 3.8) is 0 Å². The maximum absolute atomic E-state index is 12.9. The van der Waals surface area contributed by atoms with E-state index >= 15 is 0 Å². The summed E-state index contributed by atoms with van der Waals surface area (Å²) in [4.78, 5) is 14.7. The number of thioether (sulfide) groups is 1. The predicted octanol–water partition coefficient (Wildman–Crippen LogP) is 5.71. The Kier molecular flexibility index (Phi) is 5.48. The topological polar surface area (TPSA) is 29.5 Å². The van der Waals surface area contributed by atoms with Crippen molar-refractivity contribution in [3.8, 4) is 5.75 Å². The summed E-state index contributed by atoms with van der Waals surface area (Å²) in [7, 11) is 1.63. The van der Waals surface area contributed by atoms with Gasteiger partial charge >= 0.3 is 0 Å². The summed E-state index contributed by atoms with van der Waals surface area (Å²) in [6.45, 7) is 0.660. The van der Waals surface area contributed by atoms with Gasteiger partial charge in [-0.2, -0.15) is 0 Å². The first-order valence-electron chi connectivity index (χ1n) is 6.72. The molecule has 3 nitrogen and oxygen atoms in total. The van der Waals surface area contributed by atoms with Gasteiger partial charge < -0.3 is 9.64 Å². The van der Waals surface area contributed by atoms with Crippen molar-refractivity contribution in [2.75, 3.05) is 19.4 Å². The minimum atomic E-state index is -0.107. The van der Waals surface area contributed by atoms with Gasteiger partial charge in [0.25, 0.3) is 5.91 Å². The zero-order valence-corrected chi connectivity index (χ0v) is 16.7. The average molecular weight is 453 g/mol. The van der Waals surface area contributed by atoms with Crippen LogP contribution in [0.3, 0.4) is 0 Å². The van der Waals surface area contributed by atoms with E-state index in [4.69, 9.17) is 27.9 Å². The molecule has 1 aromatic carbocycles. The molecule has 0 saturated carbocycles. The molecule has 1 amide bonds. The summed E-state index contributed by atoms with van der Waals surface area (Å²) in [6, 6.07) is 7.44. The highest BCUT2D eigenvalue weighted by Gasteiger charge is 2.34. The van der Waals surface area contributed by atoms with E-state index in [0.717, 1.165) is 21.5 Å². The van der Waals surface area contributed by atoms with Gasteiger partial charge in [0, 0.05) is 22.3 Å². The molecule has 1 fully saturated rings. The number of carbonyl (C=O) groups is 1. The van der Waals surface area contributed by atoms with Crippen LogP contribution in [0, 0.1) is 0 Å². The Morgan fingerprint density at radius 1 is 1.39 bits per heavy atom. The van der Waals surface area contributed by atoms with E-state index in [0.29, 0.717) is 20.8 Å². The molecule has 3 rings (SSSR count). The number of thiophene rings is 1. The van der Waals surface area contributed by atoms with Crippen LogP contribution in [0.1, 0.15) is 21.3 Å². The molecular weight excluding hydrogens is 441 g/mol. The Bertz CT molecular complexity index is 753. The molecule has 1 aliphatic heterocycles. The van der Waals surface area contributed by atoms with Gasteiger partial charge in [0.05, 0.1) is 17.0 Å². The van der Waals surface area contributed by atoms with E-state index in [1.165, 1.54) is 11.3 Å². The molecule has 0 aliphatic carbocycles. The second kappa shape index (κ2) is 7.23. The van der Waals surface area contributed by atoms with Crippen molar-refractivity contribution in [2.45, 2.75) is 5.37 Å². The quantitative estimate of drug-likeness (QED) is 0.596. The monoisotopic (exact) mass is 451 g/mol. The molecule has 1 aliphatic rings. The number of methoxy groups -OCH3 is 1. The summed E-state index contributed by atoms with van der Waals surface area (Å²) >= 11 is 18.5. The molecule has 122 valence electrons. The van der Waals surface area contributed by atoms with Crippen LogP contribution in [-0.4, -0.2) is 30.2 Å². The molecule has 1 saturated heterocycles. The Balaban J connectivity index is 1.96. The van der Waals surface area contributed by atoms with Crippen LogP contribution in [0.15, 0.2) is 28.7 Å². The number of amides is 1. The summed E-state index contributed by atoms with van der Waals surface area (Å²) in [5.74, 6) is 1.52. The van der Waals surface area contributed by atoms with Crippen molar-refractivity contribution in [3.05, 3.63) is 48.5 Å². The maximum atomic E-state index is 12.9. The number of halogens is 3. The zero-order valence-electron chi connectivity index (χ0n) is 12.0. The lowest BCUT2D eigenvalue weighted by atomic mass is 10.1.